The number of anilines is 2. The Morgan fingerprint density at radius 2 is 1.93 bits per heavy atom. The molecule has 2 aliphatic heterocycles. The highest BCUT2D eigenvalue weighted by Crippen LogP contribution is 2.45. The Bertz CT molecular complexity index is 1680. The van der Waals surface area contributed by atoms with Crippen LogP contribution in [0.25, 0.3) is 0 Å². The molecule has 4 rings (SSSR count). The highest BCUT2D eigenvalue weighted by molar-refractivity contribution is 8.00. The van der Waals surface area contributed by atoms with Crippen molar-refractivity contribution in [3.05, 3.63) is 40.8 Å². The number of thioether (sulfide) groups is 1. The Balaban J connectivity index is 1.77. The number of thiazole rings is 1. The molecule has 0 aliphatic carbocycles. The fourth-order valence-corrected chi connectivity index (χ4v) is 6.44. The number of nitrogens with zero attached hydrogens (tertiary/aromatic N) is 6. The van der Waals surface area contributed by atoms with Gasteiger partial charge in [0.1, 0.15) is 23.9 Å². The lowest BCUT2D eigenvalue weighted by atomic mass is 9.93. The summed E-state index contributed by atoms with van der Waals surface area (Å²) < 4.78 is 3.87. The first-order valence-electron chi connectivity index (χ1n) is 11.9. The number of fused-ring (bicyclic) bond motifs is 1. The number of rotatable bonds is 14. The summed E-state index contributed by atoms with van der Waals surface area (Å²) in [5.41, 5.74) is 1.74. The van der Waals surface area contributed by atoms with E-state index in [1.165, 1.54) is 11.5 Å². The van der Waals surface area contributed by atoms with Crippen LogP contribution in [0.2, 0.25) is 0 Å². The fraction of sp³-hybridized carbons (Fsp3) is 0.227. The number of carboxylic acids is 2. The zero-order valence-electron chi connectivity index (χ0n) is 22.6. The molecule has 0 saturated carbocycles. The van der Waals surface area contributed by atoms with Crippen LogP contribution >= 0.6 is 34.6 Å². The zero-order valence-corrected chi connectivity index (χ0v) is 25.0. The molecule has 1 fully saturated rings. The first-order valence-corrected chi connectivity index (χ1v) is 14.6. The lowest BCUT2D eigenvalue weighted by molar-refractivity contribution is -0.162. The van der Waals surface area contributed by atoms with Crippen LogP contribution < -0.4 is 21.7 Å². The van der Waals surface area contributed by atoms with Gasteiger partial charge in [-0.1, -0.05) is 23.0 Å². The summed E-state index contributed by atoms with van der Waals surface area (Å²) in [7, 11) is 1.13. The quantitative estimate of drug-likeness (QED) is 0.0429. The highest BCUT2D eigenvalue weighted by atomic mass is 32.2. The van der Waals surface area contributed by atoms with Crippen LogP contribution in [-0.4, -0.2) is 107 Å². The molecule has 45 heavy (non-hydrogen) atoms. The number of amides is 4. The van der Waals surface area contributed by atoms with Crippen molar-refractivity contribution >= 4 is 92.4 Å². The van der Waals surface area contributed by atoms with E-state index in [2.05, 4.69) is 47.2 Å². The molecule has 0 bridgehead atoms. The number of nitrogen functional groups attached to an aromatic ring is 1. The zero-order chi connectivity index (χ0) is 32.9. The second-order valence-corrected chi connectivity index (χ2v) is 11.1. The predicted molar refractivity (Wildman–Crippen MR) is 157 cm³/mol. The van der Waals surface area contributed by atoms with Crippen molar-refractivity contribution in [1.82, 2.24) is 29.9 Å². The van der Waals surface area contributed by atoms with E-state index in [1.54, 1.807) is 0 Å². The normalized spacial score (nSPS) is 19.5. The minimum absolute atomic E-state index is 0.00570. The van der Waals surface area contributed by atoms with Crippen molar-refractivity contribution in [3.8, 4) is 0 Å². The van der Waals surface area contributed by atoms with Gasteiger partial charge >= 0.3 is 11.9 Å². The van der Waals surface area contributed by atoms with Crippen LogP contribution in [0.5, 0.6) is 0 Å². The van der Waals surface area contributed by atoms with Gasteiger partial charge in [0.2, 0.25) is 30.2 Å². The Morgan fingerprint density at radius 3 is 2.51 bits per heavy atom. The molecule has 23 heteroatoms. The summed E-state index contributed by atoms with van der Waals surface area (Å²) in [6, 6.07) is 0. The molecule has 2 aromatic rings. The molecule has 2 atom stereocenters. The van der Waals surface area contributed by atoms with E-state index in [-0.39, 0.29) is 27.3 Å². The molecule has 236 valence electrons. The molecule has 2 aliphatic rings. The summed E-state index contributed by atoms with van der Waals surface area (Å²) in [5.74, 6) is -6.73. The predicted octanol–water partition coefficient (Wildman–Crippen LogP) is -1.63. The highest BCUT2D eigenvalue weighted by Gasteiger charge is 2.67. The topological polar surface area (TPSA) is 290 Å². The molecule has 2 aromatic heterocycles. The summed E-state index contributed by atoms with van der Waals surface area (Å²) in [6.07, 6.45) is 1.62. The van der Waals surface area contributed by atoms with Gasteiger partial charge in [-0.15, -0.1) is 23.1 Å². The number of carboxylic acid groups (broad SMARTS) is 2. The van der Waals surface area contributed by atoms with Gasteiger partial charge in [-0.2, -0.15) is 9.36 Å². The minimum Gasteiger partial charge on any atom is -0.479 e. The van der Waals surface area contributed by atoms with Gasteiger partial charge in [0.25, 0.3) is 17.7 Å². The van der Waals surface area contributed by atoms with Crippen LogP contribution in [0, 0.1) is 0 Å². The molecule has 1 saturated heterocycles. The molecule has 0 aromatic carbocycles. The van der Waals surface area contributed by atoms with Gasteiger partial charge in [-0.3, -0.25) is 24.1 Å². The first kappa shape index (κ1) is 32.5. The molecule has 0 spiro atoms. The SMILES string of the molecule is C=CC1=C(C(=O)O)N2C(=O)C(NC(=O)/C(=N\OC)c3csc(NC=O)n3)(NC(=O)/C(=N/OCC(=O)O)c3nsc(N)n3)[C@H]2SC1. The Labute approximate surface area is 263 Å². The Morgan fingerprint density at radius 1 is 1.22 bits per heavy atom. The number of nitrogens with one attached hydrogen (secondary N) is 3. The van der Waals surface area contributed by atoms with Gasteiger partial charge in [-0.05, 0) is 5.57 Å². The van der Waals surface area contributed by atoms with E-state index in [0.29, 0.717) is 17.9 Å². The lowest BCUT2D eigenvalue weighted by Crippen LogP contribution is -2.86. The molecular formula is C22H20N10O10S3. The molecule has 20 nitrogen and oxygen atoms in total. The van der Waals surface area contributed by atoms with Gasteiger partial charge < -0.3 is 41.6 Å². The van der Waals surface area contributed by atoms with Crippen molar-refractivity contribution in [3.63, 3.8) is 0 Å². The number of hydrogen-bond acceptors (Lipinski definition) is 17. The molecular weight excluding hydrogens is 661 g/mol. The third-order valence-corrected chi connectivity index (χ3v) is 8.39. The second-order valence-electron chi connectivity index (χ2n) is 8.42. The van der Waals surface area contributed by atoms with Crippen molar-refractivity contribution in [1.29, 1.82) is 0 Å². The monoisotopic (exact) mass is 680 g/mol. The third kappa shape index (κ3) is 6.43. The van der Waals surface area contributed by atoms with E-state index in [0.717, 1.165) is 35.1 Å². The number of oxime groups is 2. The average Bonchev–Trinajstić information content (AvgIpc) is 3.65. The van der Waals surface area contributed by atoms with Crippen LogP contribution in [-0.2, 0) is 38.4 Å². The molecule has 1 unspecified atom stereocenters. The smallest absolute Gasteiger partial charge is 0.352 e. The summed E-state index contributed by atoms with van der Waals surface area (Å²) in [6.45, 7) is 2.62. The van der Waals surface area contributed by atoms with Crippen LogP contribution in [0.4, 0.5) is 10.3 Å². The standard InChI is InChI=1S/C22H20N10O10S3/c1-3-8-5-43-19-22(18(40)32(19)13(8)17(38)39,27-15(36)11(29-41-2)9-6-44-21(25-9)24-7-33)28-16(37)12(30-42-4-10(34)35)14-26-20(23)45-31-14/h3,6-7,19H,1,4-5H2,2H3,(H,27,36)(H,28,37)(H,34,35)(H,38,39)(H2,23,26,31)(H,24,25,33)/b29-11-,30-12+/t19-,22?/m1/s1. The maximum absolute atomic E-state index is 13.9. The number of nitrogens with two attached hydrogens (primary N) is 1. The van der Waals surface area contributed by atoms with Gasteiger partial charge in [0, 0.05) is 22.7 Å². The number of carbonyl (C=O) groups excluding carboxylic acids is 4. The van der Waals surface area contributed by atoms with E-state index >= 15 is 0 Å². The summed E-state index contributed by atoms with van der Waals surface area (Å²) >= 11 is 2.58. The van der Waals surface area contributed by atoms with Crippen molar-refractivity contribution in [2.75, 3.05) is 30.5 Å². The molecule has 4 heterocycles. The van der Waals surface area contributed by atoms with E-state index in [9.17, 15) is 33.9 Å². The van der Waals surface area contributed by atoms with Gasteiger partial charge in [-0.25, -0.2) is 14.6 Å². The largest absolute Gasteiger partial charge is 0.479 e. The van der Waals surface area contributed by atoms with Crippen molar-refractivity contribution < 1.29 is 48.7 Å². The number of hydrogen-bond donors (Lipinski definition) is 6. The maximum Gasteiger partial charge on any atom is 0.352 e. The molecule has 0 radical (unpaired) electrons. The first-order chi connectivity index (χ1) is 21.5. The lowest BCUT2D eigenvalue weighted by Gasteiger charge is -2.56. The minimum atomic E-state index is -2.37. The van der Waals surface area contributed by atoms with Crippen molar-refractivity contribution in [2.24, 2.45) is 10.3 Å². The van der Waals surface area contributed by atoms with E-state index in [4.69, 9.17) is 20.5 Å². The summed E-state index contributed by atoms with van der Waals surface area (Å²) in [4.78, 5) is 93.3. The maximum atomic E-state index is 13.9. The van der Waals surface area contributed by atoms with Gasteiger partial charge in [0.15, 0.2) is 16.0 Å². The third-order valence-electron chi connectivity index (χ3n) is 5.71. The number of aromatic nitrogens is 3. The number of carbonyl (C=O) groups is 6. The molecule has 4 amide bonds. The number of allylic oxidation sites excluding steroid dienone is 1. The second kappa shape index (κ2) is 13.5. The number of β-lactam (4-membered cyclic amide) rings is 1. The van der Waals surface area contributed by atoms with Crippen LogP contribution in [0.3, 0.4) is 0 Å². The van der Waals surface area contributed by atoms with Crippen molar-refractivity contribution in [2.45, 2.75) is 11.0 Å². The van der Waals surface area contributed by atoms with Crippen LogP contribution in [0.15, 0.2) is 39.6 Å². The van der Waals surface area contributed by atoms with E-state index < -0.39 is 70.2 Å². The Hall–Kier alpha value is -5.42. The van der Waals surface area contributed by atoms with E-state index in [1.807, 2.05) is 0 Å². The summed E-state index contributed by atoms with van der Waals surface area (Å²) in [5, 5.41) is 33.1. The Kier molecular flexibility index (Phi) is 9.73. The van der Waals surface area contributed by atoms with Crippen LogP contribution in [0.1, 0.15) is 11.5 Å². The number of aliphatic carboxylic acids is 2. The fourth-order valence-electron chi connectivity index (χ4n) is 3.94. The molecule has 7 N–H and O–H groups in total. The average molecular weight is 681 g/mol. The van der Waals surface area contributed by atoms with Gasteiger partial charge in [0.05, 0.1) is 0 Å².